The van der Waals surface area contributed by atoms with E-state index in [1.54, 1.807) is 12.1 Å². The van der Waals surface area contributed by atoms with E-state index in [9.17, 15) is 8.78 Å². The normalized spacial score (nSPS) is 13.7. The average Bonchev–Trinajstić information content (AvgIpc) is 2.30. The maximum absolute atomic E-state index is 13.8. The minimum atomic E-state index is -2.82. The average molecular weight is 251 g/mol. The minimum Gasteiger partial charge on any atom is -0.201 e. The van der Waals surface area contributed by atoms with Crippen molar-refractivity contribution in [2.75, 3.05) is 0 Å². The Kier molecular flexibility index (Phi) is 4.45. The van der Waals surface area contributed by atoms with Crippen molar-refractivity contribution in [2.24, 2.45) is 11.8 Å². The Morgan fingerprint density at radius 2 is 1.56 bits per heavy atom. The molecule has 1 aromatic carbocycles. The van der Waals surface area contributed by atoms with Crippen LogP contribution in [0, 0.1) is 23.2 Å². The van der Waals surface area contributed by atoms with Crippen LogP contribution < -0.4 is 0 Å². The lowest BCUT2D eigenvalue weighted by Gasteiger charge is -2.21. The number of benzene rings is 1. The van der Waals surface area contributed by atoms with Gasteiger partial charge >= 0.3 is 0 Å². The lowest BCUT2D eigenvalue weighted by molar-refractivity contribution is -0.0513. The quantitative estimate of drug-likeness (QED) is 0.761. The highest BCUT2D eigenvalue weighted by Crippen LogP contribution is 2.36. The van der Waals surface area contributed by atoms with Crippen LogP contribution in [-0.4, -0.2) is 0 Å². The third-order valence-electron chi connectivity index (χ3n) is 3.19. The first-order valence-electron chi connectivity index (χ1n) is 6.18. The zero-order valence-electron chi connectivity index (χ0n) is 11.2. The molecule has 1 aromatic rings. The predicted octanol–water partition coefficient (Wildman–Crippen LogP) is 4.70. The molecule has 0 saturated heterocycles. The number of nitriles is 1. The van der Waals surface area contributed by atoms with Gasteiger partial charge in [-0.1, -0.05) is 52.0 Å². The number of halogens is 2. The summed E-state index contributed by atoms with van der Waals surface area (Å²) in [6.45, 7) is 6.90. The summed E-state index contributed by atoms with van der Waals surface area (Å²) in [6, 6.07) is 8.35. The van der Waals surface area contributed by atoms with Crippen molar-refractivity contribution in [3.63, 3.8) is 0 Å². The van der Waals surface area contributed by atoms with E-state index in [1.807, 2.05) is 13.8 Å². The van der Waals surface area contributed by atoms with Crippen LogP contribution in [0.25, 0.3) is 0 Å². The summed E-state index contributed by atoms with van der Waals surface area (Å²) in [5.74, 6) is -3.63. The topological polar surface area (TPSA) is 23.8 Å². The van der Waals surface area contributed by atoms with Gasteiger partial charge in [0.2, 0.25) is 0 Å². The second kappa shape index (κ2) is 5.48. The van der Waals surface area contributed by atoms with Gasteiger partial charge in [0.25, 0.3) is 5.92 Å². The van der Waals surface area contributed by atoms with Crippen molar-refractivity contribution in [2.45, 2.75) is 39.5 Å². The highest BCUT2D eigenvalue weighted by atomic mass is 19.3. The van der Waals surface area contributed by atoms with Gasteiger partial charge in [-0.05, 0) is 11.5 Å². The molecule has 0 radical (unpaired) electrons. The molecule has 0 aliphatic rings. The summed E-state index contributed by atoms with van der Waals surface area (Å²) in [5.41, 5.74) is 0.817. The van der Waals surface area contributed by atoms with Crippen LogP contribution in [0.1, 0.15) is 44.7 Å². The van der Waals surface area contributed by atoms with Crippen LogP contribution >= 0.6 is 0 Å². The molecule has 1 nitrogen and oxygen atoms in total. The van der Waals surface area contributed by atoms with Gasteiger partial charge in [-0.15, -0.1) is 0 Å². The van der Waals surface area contributed by atoms with E-state index in [0.29, 0.717) is 0 Å². The van der Waals surface area contributed by atoms with Crippen molar-refractivity contribution in [3.05, 3.63) is 35.4 Å². The molecule has 1 atom stereocenters. The zero-order chi connectivity index (χ0) is 13.9. The van der Waals surface area contributed by atoms with Crippen molar-refractivity contribution >= 4 is 0 Å². The Labute approximate surface area is 107 Å². The Morgan fingerprint density at radius 3 is 1.89 bits per heavy atom. The van der Waals surface area contributed by atoms with Crippen LogP contribution in [0.15, 0.2) is 24.3 Å². The van der Waals surface area contributed by atoms with Gasteiger partial charge in [0.15, 0.2) is 0 Å². The largest absolute Gasteiger partial charge is 0.275 e. The molecular formula is C15H19F2N. The second-order valence-electron chi connectivity index (χ2n) is 5.25. The van der Waals surface area contributed by atoms with Crippen LogP contribution in [0.5, 0.6) is 0 Å². The first-order chi connectivity index (χ1) is 8.30. The smallest absolute Gasteiger partial charge is 0.201 e. The molecule has 0 N–H and O–H groups in total. The summed E-state index contributed by atoms with van der Waals surface area (Å²) in [7, 11) is 0. The summed E-state index contributed by atoms with van der Waals surface area (Å²) in [4.78, 5) is 0. The zero-order valence-corrected chi connectivity index (χ0v) is 11.2. The molecule has 0 aromatic heterocycles. The van der Waals surface area contributed by atoms with E-state index in [1.165, 1.54) is 26.0 Å². The monoisotopic (exact) mass is 251 g/mol. The summed E-state index contributed by atoms with van der Waals surface area (Å²) >= 11 is 0. The number of rotatable bonds is 4. The lowest BCUT2D eigenvalue weighted by atomic mass is 9.88. The van der Waals surface area contributed by atoms with Gasteiger partial charge in [-0.2, -0.15) is 5.26 Å². The van der Waals surface area contributed by atoms with Crippen molar-refractivity contribution in [3.8, 4) is 6.07 Å². The number of hydrogen-bond acceptors (Lipinski definition) is 1. The molecule has 18 heavy (non-hydrogen) atoms. The summed E-state index contributed by atoms with van der Waals surface area (Å²) < 4.78 is 27.6. The molecule has 0 fully saturated rings. The van der Waals surface area contributed by atoms with Gasteiger partial charge < -0.3 is 0 Å². The Bertz CT molecular complexity index is 427. The first kappa shape index (κ1) is 14.6. The van der Waals surface area contributed by atoms with E-state index < -0.39 is 11.8 Å². The third-order valence-corrected chi connectivity index (χ3v) is 3.19. The molecule has 0 aliphatic heterocycles. The van der Waals surface area contributed by atoms with E-state index in [4.69, 9.17) is 5.26 Å². The highest BCUT2D eigenvalue weighted by Gasteiger charge is 2.35. The lowest BCUT2D eigenvalue weighted by Crippen LogP contribution is -2.20. The second-order valence-corrected chi connectivity index (χ2v) is 5.25. The van der Waals surface area contributed by atoms with Gasteiger partial charge in [-0.3, -0.25) is 0 Å². The van der Waals surface area contributed by atoms with Crippen LogP contribution in [0.4, 0.5) is 8.78 Å². The molecule has 3 heteroatoms. The molecule has 0 spiro atoms. The van der Waals surface area contributed by atoms with Crippen molar-refractivity contribution < 1.29 is 8.78 Å². The van der Waals surface area contributed by atoms with E-state index in [2.05, 4.69) is 6.07 Å². The molecule has 0 bridgehead atoms. The van der Waals surface area contributed by atoms with Crippen LogP contribution in [-0.2, 0) is 5.92 Å². The SMILES string of the molecule is CC(C)C(C#N)c1ccc(C(F)(F)C(C)C)cc1. The number of nitrogens with zero attached hydrogens (tertiary/aromatic N) is 1. The molecule has 1 rings (SSSR count). The van der Waals surface area contributed by atoms with Crippen molar-refractivity contribution in [1.82, 2.24) is 0 Å². The fraction of sp³-hybridized carbons (Fsp3) is 0.533. The number of alkyl halides is 2. The molecular weight excluding hydrogens is 232 g/mol. The Hall–Kier alpha value is -1.43. The molecule has 0 aliphatic carbocycles. The van der Waals surface area contributed by atoms with Crippen LogP contribution in [0.2, 0.25) is 0 Å². The molecule has 0 saturated carbocycles. The summed E-state index contributed by atoms with van der Waals surface area (Å²) in [6.07, 6.45) is 0. The summed E-state index contributed by atoms with van der Waals surface area (Å²) in [5, 5.41) is 9.07. The fourth-order valence-corrected chi connectivity index (χ4v) is 1.85. The van der Waals surface area contributed by atoms with E-state index in [-0.39, 0.29) is 17.4 Å². The van der Waals surface area contributed by atoms with Gasteiger partial charge in [-0.25, -0.2) is 8.78 Å². The van der Waals surface area contributed by atoms with E-state index in [0.717, 1.165) is 5.56 Å². The van der Waals surface area contributed by atoms with Gasteiger partial charge in [0, 0.05) is 11.5 Å². The Balaban J connectivity index is 3.04. The number of hydrogen-bond donors (Lipinski definition) is 0. The minimum absolute atomic E-state index is 0.0155. The molecule has 0 heterocycles. The Morgan fingerprint density at radius 1 is 1.06 bits per heavy atom. The highest BCUT2D eigenvalue weighted by molar-refractivity contribution is 5.31. The van der Waals surface area contributed by atoms with Gasteiger partial charge in [0.1, 0.15) is 0 Å². The van der Waals surface area contributed by atoms with Crippen molar-refractivity contribution in [1.29, 1.82) is 5.26 Å². The van der Waals surface area contributed by atoms with E-state index >= 15 is 0 Å². The maximum atomic E-state index is 13.8. The van der Waals surface area contributed by atoms with Crippen LogP contribution in [0.3, 0.4) is 0 Å². The molecule has 98 valence electrons. The third kappa shape index (κ3) is 2.87. The maximum Gasteiger partial charge on any atom is 0.275 e. The molecule has 1 unspecified atom stereocenters. The molecule has 0 amide bonds. The predicted molar refractivity (Wildman–Crippen MR) is 68.4 cm³/mol. The first-order valence-corrected chi connectivity index (χ1v) is 6.18. The standard InChI is InChI=1S/C15H19F2N/c1-10(2)14(9-18)12-5-7-13(8-6-12)15(16,17)11(3)4/h5-8,10-11,14H,1-4H3. The fourth-order valence-electron chi connectivity index (χ4n) is 1.85. The van der Waals surface area contributed by atoms with Gasteiger partial charge in [0.05, 0.1) is 12.0 Å².